The van der Waals surface area contributed by atoms with E-state index >= 15 is 0 Å². The minimum atomic E-state index is -0.00942. The Morgan fingerprint density at radius 3 is 2.64 bits per heavy atom. The molecule has 1 unspecified atom stereocenters. The topological polar surface area (TPSA) is 26.3 Å². The number of unbranched alkanes of at least 4 members (excludes halogenated alkanes) is 1. The number of hydrogen-bond acceptors (Lipinski definition) is 2. The Kier molecular flexibility index (Phi) is 2.80. The Bertz CT molecular complexity index is 216. The van der Waals surface area contributed by atoms with E-state index in [0.717, 1.165) is 19.3 Å². The van der Waals surface area contributed by atoms with Crippen LogP contribution in [0.15, 0.2) is 0 Å². The van der Waals surface area contributed by atoms with Gasteiger partial charge in [-0.3, -0.25) is 4.79 Å². The molecule has 2 nitrogen and oxygen atoms in total. The number of esters is 1. The van der Waals surface area contributed by atoms with Gasteiger partial charge in [-0.2, -0.15) is 0 Å². The van der Waals surface area contributed by atoms with Gasteiger partial charge in [0.15, 0.2) is 0 Å². The standard InChI is InChI=1S/C12H20O2/c1-2-3-7-10-11(13)14-12(10)8-5-4-6-9-12/h10H,2-9H2,1H3. The first-order valence-electron chi connectivity index (χ1n) is 6.01. The van der Waals surface area contributed by atoms with Gasteiger partial charge < -0.3 is 4.74 Å². The van der Waals surface area contributed by atoms with E-state index in [2.05, 4.69) is 6.92 Å². The van der Waals surface area contributed by atoms with E-state index in [1.54, 1.807) is 0 Å². The van der Waals surface area contributed by atoms with Crippen LogP contribution in [0.3, 0.4) is 0 Å². The first kappa shape index (κ1) is 10.0. The third-order valence-electron chi connectivity index (χ3n) is 3.77. The molecule has 2 fully saturated rings. The highest BCUT2D eigenvalue weighted by molar-refractivity contribution is 5.80. The molecule has 2 rings (SSSR count). The van der Waals surface area contributed by atoms with Crippen molar-refractivity contribution in [3.8, 4) is 0 Å². The zero-order chi connectivity index (χ0) is 10.0. The molecular weight excluding hydrogens is 176 g/mol. The fourth-order valence-electron chi connectivity index (χ4n) is 2.89. The van der Waals surface area contributed by atoms with Crippen LogP contribution in [0.4, 0.5) is 0 Å². The molecule has 1 atom stereocenters. The van der Waals surface area contributed by atoms with E-state index in [1.807, 2.05) is 0 Å². The third-order valence-corrected chi connectivity index (χ3v) is 3.77. The van der Waals surface area contributed by atoms with Crippen LogP contribution in [-0.4, -0.2) is 11.6 Å². The summed E-state index contributed by atoms with van der Waals surface area (Å²) in [6, 6.07) is 0. The number of rotatable bonds is 3. The van der Waals surface area contributed by atoms with Crippen LogP contribution in [0.5, 0.6) is 0 Å². The molecule has 1 spiro atoms. The van der Waals surface area contributed by atoms with Gasteiger partial charge in [-0.25, -0.2) is 0 Å². The van der Waals surface area contributed by atoms with Gasteiger partial charge in [-0.15, -0.1) is 0 Å². The fourth-order valence-corrected chi connectivity index (χ4v) is 2.89. The predicted molar refractivity (Wildman–Crippen MR) is 54.9 cm³/mol. The summed E-state index contributed by atoms with van der Waals surface area (Å²) < 4.78 is 5.44. The maximum absolute atomic E-state index is 11.4. The van der Waals surface area contributed by atoms with Gasteiger partial charge in [-0.05, 0) is 32.1 Å². The molecule has 0 aromatic carbocycles. The van der Waals surface area contributed by atoms with Crippen LogP contribution in [0, 0.1) is 5.92 Å². The Balaban J connectivity index is 1.94. The third kappa shape index (κ3) is 1.55. The minimum absolute atomic E-state index is 0.00942. The zero-order valence-corrected chi connectivity index (χ0v) is 9.05. The van der Waals surface area contributed by atoms with Gasteiger partial charge in [0.05, 0.1) is 5.92 Å². The molecule has 1 saturated carbocycles. The van der Waals surface area contributed by atoms with Crippen LogP contribution < -0.4 is 0 Å². The molecule has 80 valence electrons. The predicted octanol–water partition coefficient (Wildman–Crippen LogP) is 3.05. The molecule has 1 aliphatic carbocycles. The van der Waals surface area contributed by atoms with Crippen molar-refractivity contribution in [3.63, 3.8) is 0 Å². The average Bonchev–Trinajstić information content (AvgIpc) is 2.19. The average molecular weight is 196 g/mol. The van der Waals surface area contributed by atoms with Gasteiger partial charge in [0.1, 0.15) is 5.60 Å². The SMILES string of the molecule is CCCCC1C(=O)OC12CCCCC2. The quantitative estimate of drug-likeness (QED) is 0.648. The normalized spacial score (nSPS) is 29.8. The highest BCUT2D eigenvalue weighted by Crippen LogP contribution is 2.47. The van der Waals surface area contributed by atoms with Crippen molar-refractivity contribution in [2.24, 2.45) is 5.92 Å². The van der Waals surface area contributed by atoms with Gasteiger partial charge in [-0.1, -0.05) is 26.2 Å². The van der Waals surface area contributed by atoms with E-state index < -0.39 is 0 Å². The molecule has 0 aromatic heterocycles. The van der Waals surface area contributed by atoms with Gasteiger partial charge in [0.25, 0.3) is 0 Å². The molecule has 0 N–H and O–H groups in total. The summed E-state index contributed by atoms with van der Waals surface area (Å²) in [5, 5.41) is 0. The van der Waals surface area contributed by atoms with Crippen molar-refractivity contribution < 1.29 is 9.53 Å². The second kappa shape index (κ2) is 3.92. The molecule has 0 bridgehead atoms. The van der Waals surface area contributed by atoms with E-state index in [-0.39, 0.29) is 17.5 Å². The molecule has 2 heteroatoms. The van der Waals surface area contributed by atoms with Crippen LogP contribution in [0.25, 0.3) is 0 Å². The maximum Gasteiger partial charge on any atom is 0.313 e. The minimum Gasteiger partial charge on any atom is -0.458 e. The molecule has 14 heavy (non-hydrogen) atoms. The Labute approximate surface area is 86.0 Å². The van der Waals surface area contributed by atoms with Crippen molar-refractivity contribution in [3.05, 3.63) is 0 Å². The van der Waals surface area contributed by atoms with Gasteiger partial charge in [0, 0.05) is 0 Å². The van der Waals surface area contributed by atoms with E-state index in [9.17, 15) is 4.79 Å². The second-order valence-electron chi connectivity index (χ2n) is 4.74. The Morgan fingerprint density at radius 1 is 1.36 bits per heavy atom. The summed E-state index contributed by atoms with van der Waals surface area (Å²) in [5.74, 6) is 0.308. The lowest BCUT2D eigenvalue weighted by Crippen LogP contribution is -2.58. The summed E-state index contributed by atoms with van der Waals surface area (Å²) in [7, 11) is 0. The van der Waals surface area contributed by atoms with E-state index in [1.165, 1.54) is 32.1 Å². The van der Waals surface area contributed by atoms with E-state index in [0.29, 0.717) is 0 Å². The molecule has 1 aliphatic heterocycles. The maximum atomic E-state index is 11.4. The molecular formula is C12H20O2. The summed E-state index contributed by atoms with van der Waals surface area (Å²) in [6.07, 6.45) is 9.45. The largest absolute Gasteiger partial charge is 0.458 e. The summed E-state index contributed by atoms with van der Waals surface area (Å²) in [6.45, 7) is 2.18. The van der Waals surface area contributed by atoms with Gasteiger partial charge >= 0.3 is 5.97 Å². The molecule has 2 aliphatic rings. The van der Waals surface area contributed by atoms with E-state index in [4.69, 9.17) is 4.74 Å². The fraction of sp³-hybridized carbons (Fsp3) is 0.917. The lowest BCUT2D eigenvalue weighted by molar-refractivity contribution is -0.221. The van der Waals surface area contributed by atoms with Gasteiger partial charge in [0.2, 0.25) is 0 Å². The number of hydrogen-bond donors (Lipinski definition) is 0. The number of ether oxygens (including phenoxy) is 1. The second-order valence-corrected chi connectivity index (χ2v) is 4.74. The summed E-state index contributed by atoms with van der Waals surface area (Å²) >= 11 is 0. The molecule has 1 saturated heterocycles. The van der Waals surface area contributed by atoms with Crippen molar-refractivity contribution in [2.75, 3.05) is 0 Å². The monoisotopic (exact) mass is 196 g/mol. The summed E-state index contributed by atoms with van der Waals surface area (Å²) in [5.41, 5.74) is -0.00942. The Morgan fingerprint density at radius 2 is 2.07 bits per heavy atom. The molecule has 0 aromatic rings. The molecule has 0 amide bonds. The highest BCUT2D eigenvalue weighted by atomic mass is 16.6. The summed E-state index contributed by atoms with van der Waals surface area (Å²) in [4.78, 5) is 11.4. The molecule has 0 radical (unpaired) electrons. The number of carbonyl (C=O) groups is 1. The zero-order valence-electron chi connectivity index (χ0n) is 9.05. The smallest absolute Gasteiger partial charge is 0.313 e. The van der Waals surface area contributed by atoms with Crippen molar-refractivity contribution in [1.29, 1.82) is 0 Å². The van der Waals surface area contributed by atoms with Crippen LogP contribution in [0.2, 0.25) is 0 Å². The first-order chi connectivity index (χ1) is 6.78. The van der Waals surface area contributed by atoms with Crippen LogP contribution in [0.1, 0.15) is 58.3 Å². The van der Waals surface area contributed by atoms with Crippen LogP contribution >= 0.6 is 0 Å². The highest BCUT2D eigenvalue weighted by Gasteiger charge is 2.55. The van der Waals surface area contributed by atoms with Crippen LogP contribution in [-0.2, 0) is 9.53 Å². The van der Waals surface area contributed by atoms with Crippen molar-refractivity contribution >= 4 is 5.97 Å². The number of carbonyl (C=O) groups excluding carboxylic acids is 1. The lowest BCUT2D eigenvalue weighted by atomic mass is 9.70. The Hall–Kier alpha value is -0.530. The van der Waals surface area contributed by atoms with Crippen molar-refractivity contribution in [1.82, 2.24) is 0 Å². The lowest BCUT2D eigenvalue weighted by Gasteiger charge is -2.50. The first-order valence-corrected chi connectivity index (χ1v) is 6.01. The molecule has 1 heterocycles. The van der Waals surface area contributed by atoms with Crippen molar-refractivity contribution in [2.45, 2.75) is 63.9 Å².